The highest BCUT2D eigenvalue weighted by Gasteiger charge is 2.70. The van der Waals surface area contributed by atoms with E-state index >= 15 is 0 Å². The third kappa shape index (κ3) is 3.57. The molecule has 0 bridgehead atoms. The van der Waals surface area contributed by atoms with Crippen LogP contribution < -0.4 is 0 Å². The van der Waals surface area contributed by atoms with Crippen LogP contribution in [-0.4, -0.2) is 56.1 Å². The van der Waals surface area contributed by atoms with Gasteiger partial charge < -0.3 is 9.47 Å². The minimum atomic E-state index is -3.87. The first kappa shape index (κ1) is 24.7. The van der Waals surface area contributed by atoms with Crippen LogP contribution in [0.4, 0.5) is 0 Å². The zero-order valence-corrected chi connectivity index (χ0v) is 21.1. The Morgan fingerprint density at radius 2 is 1.79 bits per heavy atom. The van der Waals surface area contributed by atoms with Crippen LogP contribution in [0.3, 0.4) is 0 Å². The number of fused-ring (bicyclic) bond motifs is 5. The van der Waals surface area contributed by atoms with Crippen LogP contribution >= 0.6 is 11.6 Å². The monoisotopic (exact) mass is 502 g/mol. The average molecular weight is 503 g/mol. The number of hydrogen-bond acceptors (Lipinski definition) is 8. The summed E-state index contributed by atoms with van der Waals surface area (Å²) in [6.07, 6.45) is 3.58. The van der Waals surface area contributed by atoms with Gasteiger partial charge in [0.15, 0.2) is 11.4 Å². The Hall–Kier alpha value is -1.45. The van der Waals surface area contributed by atoms with Gasteiger partial charge in [0.1, 0.15) is 12.7 Å². The highest BCUT2D eigenvalue weighted by molar-refractivity contribution is 7.86. The lowest BCUT2D eigenvalue weighted by Gasteiger charge is -2.61. The first-order valence-corrected chi connectivity index (χ1v) is 13.5. The van der Waals surface area contributed by atoms with E-state index in [9.17, 15) is 22.8 Å². The summed E-state index contributed by atoms with van der Waals surface area (Å²) in [6.45, 7) is 6.85. The van der Waals surface area contributed by atoms with E-state index < -0.39 is 50.0 Å². The van der Waals surface area contributed by atoms with Crippen LogP contribution in [0, 0.1) is 28.6 Å². The van der Waals surface area contributed by atoms with Gasteiger partial charge in [0, 0.05) is 23.8 Å². The van der Waals surface area contributed by atoms with Crippen molar-refractivity contribution in [2.24, 2.45) is 28.6 Å². The molecule has 0 N–H and O–H groups in total. The first-order valence-electron chi connectivity index (χ1n) is 11.3. The largest absolute Gasteiger partial charge is 0.462 e. The smallest absolute Gasteiger partial charge is 0.330 e. The standard InChI is InChI=1S/C23H31ClO8S/c1-12(25)23(31-13(2)26)9-7-15-18-14(6-8-22(15,23)4)21(3)11-30-17(27)10-16(21)19(24)20(18)32-33(5,28)29/h10,14-15,18-20H,6-9,11H2,1-5H3/t14-,15-,18+,19?,20?,21+,22-,23-/m0/s1. The van der Waals surface area contributed by atoms with E-state index in [1.165, 1.54) is 19.9 Å². The second-order valence-electron chi connectivity index (χ2n) is 10.6. The fourth-order valence-electron chi connectivity index (χ4n) is 7.50. The Morgan fingerprint density at radius 1 is 1.15 bits per heavy atom. The molecule has 184 valence electrons. The van der Waals surface area contributed by atoms with Gasteiger partial charge in [0.2, 0.25) is 0 Å². The molecule has 0 aromatic carbocycles. The molecule has 3 aliphatic carbocycles. The Bertz CT molecular complexity index is 1040. The topological polar surface area (TPSA) is 113 Å². The van der Waals surface area contributed by atoms with Crippen molar-refractivity contribution in [3.8, 4) is 0 Å². The third-order valence-electron chi connectivity index (χ3n) is 8.86. The van der Waals surface area contributed by atoms with E-state index in [2.05, 4.69) is 0 Å². The fourth-order valence-corrected chi connectivity index (χ4v) is 8.74. The van der Waals surface area contributed by atoms with E-state index in [-0.39, 0.29) is 30.1 Å². The van der Waals surface area contributed by atoms with Gasteiger partial charge in [-0.05, 0) is 55.9 Å². The van der Waals surface area contributed by atoms with E-state index in [1.807, 2.05) is 13.8 Å². The van der Waals surface area contributed by atoms with Gasteiger partial charge >= 0.3 is 11.9 Å². The molecular weight excluding hydrogens is 472 g/mol. The number of cyclic esters (lactones) is 1. The van der Waals surface area contributed by atoms with Gasteiger partial charge in [-0.3, -0.25) is 13.8 Å². The lowest BCUT2D eigenvalue weighted by atomic mass is 9.46. The first-order chi connectivity index (χ1) is 15.2. The molecule has 0 saturated heterocycles. The molecule has 10 heteroatoms. The predicted molar refractivity (Wildman–Crippen MR) is 119 cm³/mol. The zero-order chi connectivity index (χ0) is 24.6. The van der Waals surface area contributed by atoms with Crippen molar-refractivity contribution < 1.29 is 36.5 Å². The Kier molecular flexibility index (Phi) is 5.82. The average Bonchev–Trinajstić information content (AvgIpc) is 2.98. The third-order valence-corrected chi connectivity index (χ3v) is 9.91. The lowest BCUT2D eigenvalue weighted by molar-refractivity contribution is -0.192. The SMILES string of the molecule is CC(=O)O[C@]1(C(C)=O)CC[C@H]2[C@@H]3C(OS(C)(=O)=O)C(Cl)C4=CC(=O)OC[C@]4(C)[C@H]3CC[C@@]21C. The van der Waals surface area contributed by atoms with Crippen LogP contribution in [0.5, 0.6) is 0 Å². The number of carbonyl (C=O) groups excluding carboxylic acids is 3. The molecule has 3 saturated carbocycles. The second kappa shape index (κ2) is 7.78. The number of Topliss-reactive ketones (excluding diaryl/α,β-unsaturated/α-hetero) is 1. The number of esters is 2. The highest BCUT2D eigenvalue weighted by Crippen LogP contribution is 2.68. The minimum Gasteiger partial charge on any atom is -0.462 e. The molecule has 4 rings (SSSR count). The molecule has 0 amide bonds. The molecule has 3 fully saturated rings. The van der Waals surface area contributed by atoms with Crippen LogP contribution in [0.25, 0.3) is 0 Å². The quantitative estimate of drug-likeness (QED) is 0.327. The van der Waals surface area contributed by atoms with Gasteiger partial charge in [0.05, 0.1) is 11.6 Å². The molecule has 4 aliphatic rings. The summed E-state index contributed by atoms with van der Waals surface area (Å²) in [6, 6.07) is 0. The van der Waals surface area contributed by atoms with Crippen molar-refractivity contribution >= 4 is 39.4 Å². The van der Waals surface area contributed by atoms with Crippen molar-refractivity contribution in [1.82, 2.24) is 0 Å². The van der Waals surface area contributed by atoms with E-state index in [0.29, 0.717) is 31.3 Å². The summed E-state index contributed by atoms with van der Waals surface area (Å²) < 4.78 is 41.3. The van der Waals surface area contributed by atoms with E-state index in [4.69, 9.17) is 25.3 Å². The summed E-state index contributed by atoms with van der Waals surface area (Å²) in [5.74, 6) is -1.83. The Labute approximate surface area is 199 Å². The van der Waals surface area contributed by atoms with E-state index in [1.54, 1.807) is 0 Å². The van der Waals surface area contributed by atoms with Crippen molar-refractivity contribution in [2.45, 2.75) is 70.5 Å². The van der Waals surface area contributed by atoms with Gasteiger partial charge in [-0.2, -0.15) is 8.42 Å². The molecule has 0 aromatic rings. The summed E-state index contributed by atoms with van der Waals surface area (Å²) >= 11 is 6.87. The van der Waals surface area contributed by atoms with Crippen LogP contribution in [0.15, 0.2) is 11.6 Å². The maximum absolute atomic E-state index is 12.9. The molecule has 0 radical (unpaired) electrons. The molecule has 8 atom stereocenters. The maximum atomic E-state index is 12.9. The molecule has 1 heterocycles. The van der Waals surface area contributed by atoms with Gasteiger partial charge in [0.25, 0.3) is 10.1 Å². The molecule has 0 spiro atoms. The van der Waals surface area contributed by atoms with Crippen molar-refractivity contribution in [2.75, 3.05) is 12.9 Å². The molecule has 33 heavy (non-hydrogen) atoms. The number of ketones is 1. The fraction of sp³-hybridized carbons (Fsp3) is 0.783. The van der Waals surface area contributed by atoms with E-state index in [0.717, 1.165) is 6.26 Å². The summed E-state index contributed by atoms with van der Waals surface area (Å²) in [5.41, 5.74) is -1.92. The summed E-state index contributed by atoms with van der Waals surface area (Å²) in [7, 11) is -3.87. The number of carbonyl (C=O) groups is 3. The Balaban J connectivity index is 1.86. The van der Waals surface area contributed by atoms with Gasteiger partial charge in [-0.25, -0.2) is 4.79 Å². The second-order valence-corrected chi connectivity index (χ2v) is 12.6. The molecule has 0 aromatic heterocycles. The number of alkyl halides is 1. The number of hydrogen-bond donors (Lipinski definition) is 0. The van der Waals surface area contributed by atoms with Crippen molar-refractivity contribution in [1.29, 1.82) is 0 Å². The zero-order valence-electron chi connectivity index (χ0n) is 19.6. The van der Waals surface area contributed by atoms with Gasteiger partial charge in [-0.15, -0.1) is 11.6 Å². The predicted octanol–water partition coefficient (Wildman–Crippen LogP) is 2.78. The van der Waals surface area contributed by atoms with Crippen molar-refractivity contribution in [3.05, 3.63) is 11.6 Å². The van der Waals surface area contributed by atoms with Crippen molar-refractivity contribution in [3.63, 3.8) is 0 Å². The molecular formula is C23H31ClO8S. The maximum Gasteiger partial charge on any atom is 0.330 e. The van der Waals surface area contributed by atoms with Crippen LogP contribution in [-0.2, 0) is 38.2 Å². The normalized spacial score (nSPS) is 44.6. The molecule has 1 aliphatic heterocycles. The summed E-state index contributed by atoms with van der Waals surface area (Å²) in [4.78, 5) is 37.0. The molecule has 2 unspecified atom stereocenters. The lowest BCUT2D eigenvalue weighted by Crippen LogP contribution is -2.64. The highest BCUT2D eigenvalue weighted by atomic mass is 35.5. The molecule has 8 nitrogen and oxygen atoms in total. The number of halogens is 1. The van der Waals surface area contributed by atoms with Crippen LogP contribution in [0.2, 0.25) is 0 Å². The summed E-state index contributed by atoms with van der Waals surface area (Å²) in [5, 5.41) is -0.859. The Morgan fingerprint density at radius 3 is 2.36 bits per heavy atom. The number of ether oxygens (including phenoxy) is 2. The number of rotatable bonds is 4. The van der Waals surface area contributed by atoms with Crippen LogP contribution in [0.1, 0.15) is 53.4 Å². The van der Waals surface area contributed by atoms with Gasteiger partial charge in [-0.1, -0.05) is 13.8 Å². The minimum absolute atomic E-state index is 0.0863.